The molecule has 18 heavy (non-hydrogen) atoms. The zero-order valence-corrected chi connectivity index (χ0v) is 10.8. The van der Waals surface area contributed by atoms with Crippen LogP contribution in [0.1, 0.15) is 23.4 Å². The number of nitrogens with zero attached hydrogens (tertiary/aromatic N) is 2. The van der Waals surface area contributed by atoms with Crippen LogP contribution < -0.4 is 5.32 Å². The van der Waals surface area contributed by atoms with Crippen molar-refractivity contribution in [1.29, 1.82) is 0 Å². The molecule has 4 heteroatoms. The molecule has 0 aliphatic carbocycles. The maximum atomic E-state index is 12.3. The largest absolute Gasteiger partial charge is 0.338 e. The number of fused-ring (bicyclic) bond motifs is 1. The first-order valence-electron chi connectivity index (χ1n) is 6.69. The molecule has 1 aromatic heterocycles. The predicted octanol–water partition coefficient (Wildman–Crippen LogP) is 0.884. The Balaban J connectivity index is 1.74. The van der Waals surface area contributed by atoms with Gasteiger partial charge < -0.3 is 10.2 Å². The quantitative estimate of drug-likeness (QED) is 0.799. The van der Waals surface area contributed by atoms with Crippen LogP contribution in [-0.4, -0.2) is 35.4 Å². The van der Waals surface area contributed by atoms with Crippen molar-refractivity contribution < 1.29 is 4.79 Å². The number of aromatic nitrogens is 1. The Morgan fingerprint density at radius 3 is 3.17 bits per heavy atom. The summed E-state index contributed by atoms with van der Waals surface area (Å²) < 4.78 is 0. The highest BCUT2D eigenvalue weighted by atomic mass is 16.2. The van der Waals surface area contributed by atoms with Gasteiger partial charge in [-0.15, -0.1) is 0 Å². The van der Waals surface area contributed by atoms with Crippen LogP contribution in [0.3, 0.4) is 0 Å². The molecule has 3 rings (SSSR count). The zero-order chi connectivity index (χ0) is 12.5. The summed E-state index contributed by atoms with van der Waals surface area (Å²) in [5, 5.41) is 3.26. The minimum Gasteiger partial charge on any atom is -0.338 e. The zero-order valence-electron chi connectivity index (χ0n) is 10.8. The number of hydrogen-bond donors (Lipinski definition) is 1. The maximum absolute atomic E-state index is 12.3. The second-order valence-corrected chi connectivity index (χ2v) is 5.26. The average Bonchev–Trinajstić information content (AvgIpc) is 2.91. The Labute approximate surface area is 107 Å². The van der Waals surface area contributed by atoms with Crippen LogP contribution in [0.25, 0.3) is 0 Å². The standard InChI is InChI=1S/C14H19N3O/c1-10-2-3-12-9-17(7-5-13(12)16-10)14(18)11-4-6-15-8-11/h2-3,11,15H,4-9H2,1H3/t11-/m0/s1. The molecule has 0 radical (unpaired) electrons. The maximum Gasteiger partial charge on any atom is 0.227 e. The Morgan fingerprint density at radius 2 is 2.39 bits per heavy atom. The molecule has 1 saturated heterocycles. The van der Waals surface area contributed by atoms with Crippen molar-refractivity contribution in [1.82, 2.24) is 15.2 Å². The first-order chi connectivity index (χ1) is 8.74. The molecule has 0 saturated carbocycles. The summed E-state index contributed by atoms with van der Waals surface area (Å²) in [6.07, 6.45) is 1.87. The number of rotatable bonds is 1. The monoisotopic (exact) mass is 245 g/mol. The van der Waals surface area contributed by atoms with Crippen LogP contribution in [0.15, 0.2) is 12.1 Å². The summed E-state index contributed by atoms with van der Waals surface area (Å²) in [7, 11) is 0. The van der Waals surface area contributed by atoms with Crippen molar-refractivity contribution in [2.45, 2.75) is 26.3 Å². The van der Waals surface area contributed by atoms with Gasteiger partial charge in [0.15, 0.2) is 0 Å². The van der Waals surface area contributed by atoms with E-state index in [1.54, 1.807) is 0 Å². The van der Waals surface area contributed by atoms with Crippen LogP contribution in [0.5, 0.6) is 0 Å². The number of carbonyl (C=O) groups excluding carboxylic acids is 1. The van der Waals surface area contributed by atoms with Gasteiger partial charge in [-0.05, 0) is 31.5 Å². The fourth-order valence-corrected chi connectivity index (χ4v) is 2.84. The smallest absolute Gasteiger partial charge is 0.227 e. The van der Waals surface area contributed by atoms with Crippen LogP contribution in [0.2, 0.25) is 0 Å². The van der Waals surface area contributed by atoms with Crippen molar-refractivity contribution in [2.75, 3.05) is 19.6 Å². The number of pyridine rings is 1. The molecule has 0 spiro atoms. The molecular weight excluding hydrogens is 226 g/mol. The van der Waals surface area contributed by atoms with E-state index in [4.69, 9.17) is 0 Å². The normalized spacial score (nSPS) is 22.9. The highest BCUT2D eigenvalue weighted by Gasteiger charge is 2.29. The third-order valence-electron chi connectivity index (χ3n) is 3.91. The van der Waals surface area contributed by atoms with Gasteiger partial charge in [0.05, 0.1) is 5.92 Å². The summed E-state index contributed by atoms with van der Waals surface area (Å²) in [4.78, 5) is 18.9. The van der Waals surface area contributed by atoms with Crippen molar-refractivity contribution in [3.05, 3.63) is 29.1 Å². The molecule has 0 unspecified atom stereocenters. The van der Waals surface area contributed by atoms with E-state index >= 15 is 0 Å². The molecule has 2 aliphatic heterocycles. The van der Waals surface area contributed by atoms with Gasteiger partial charge in [-0.25, -0.2) is 0 Å². The van der Waals surface area contributed by atoms with Gasteiger partial charge in [0.25, 0.3) is 0 Å². The minimum atomic E-state index is 0.185. The van der Waals surface area contributed by atoms with E-state index in [0.717, 1.165) is 44.7 Å². The Hall–Kier alpha value is -1.42. The van der Waals surface area contributed by atoms with Gasteiger partial charge in [-0.3, -0.25) is 9.78 Å². The average molecular weight is 245 g/mol. The summed E-state index contributed by atoms with van der Waals surface area (Å²) in [5.74, 6) is 0.496. The van der Waals surface area contributed by atoms with E-state index in [1.807, 2.05) is 17.9 Å². The summed E-state index contributed by atoms with van der Waals surface area (Å²) in [5.41, 5.74) is 3.45. The summed E-state index contributed by atoms with van der Waals surface area (Å²) in [6, 6.07) is 4.15. The minimum absolute atomic E-state index is 0.185. The summed E-state index contributed by atoms with van der Waals surface area (Å²) >= 11 is 0. The van der Waals surface area contributed by atoms with E-state index in [2.05, 4.69) is 16.4 Å². The van der Waals surface area contributed by atoms with E-state index in [0.29, 0.717) is 5.91 Å². The Kier molecular flexibility index (Phi) is 3.04. The van der Waals surface area contributed by atoms with Crippen LogP contribution >= 0.6 is 0 Å². The highest BCUT2D eigenvalue weighted by molar-refractivity contribution is 5.79. The lowest BCUT2D eigenvalue weighted by molar-refractivity contribution is -0.135. The first-order valence-corrected chi connectivity index (χ1v) is 6.69. The van der Waals surface area contributed by atoms with Gasteiger partial charge in [-0.2, -0.15) is 0 Å². The molecule has 0 bridgehead atoms. The van der Waals surface area contributed by atoms with Gasteiger partial charge in [0.1, 0.15) is 0 Å². The molecule has 1 aromatic rings. The van der Waals surface area contributed by atoms with Crippen molar-refractivity contribution >= 4 is 5.91 Å². The lowest BCUT2D eigenvalue weighted by atomic mass is 10.0. The Morgan fingerprint density at radius 1 is 1.50 bits per heavy atom. The third kappa shape index (κ3) is 2.12. The topological polar surface area (TPSA) is 45.2 Å². The predicted molar refractivity (Wildman–Crippen MR) is 69.1 cm³/mol. The molecule has 0 aromatic carbocycles. The number of nitrogens with one attached hydrogen (secondary N) is 1. The fourth-order valence-electron chi connectivity index (χ4n) is 2.84. The third-order valence-corrected chi connectivity index (χ3v) is 3.91. The molecular formula is C14H19N3O. The van der Waals surface area contributed by atoms with Gasteiger partial charge in [0, 0.05) is 37.4 Å². The number of amides is 1. The van der Waals surface area contributed by atoms with Crippen molar-refractivity contribution in [3.63, 3.8) is 0 Å². The van der Waals surface area contributed by atoms with E-state index < -0.39 is 0 Å². The number of carbonyl (C=O) groups is 1. The first kappa shape index (κ1) is 11.7. The van der Waals surface area contributed by atoms with Gasteiger partial charge in [0.2, 0.25) is 5.91 Å². The fraction of sp³-hybridized carbons (Fsp3) is 0.571. The van der Waals surface area contributed by atoms with E-state index in [1.165, 1.54) is 11.3 Å². The van der Waals surface area contributed by atoms with Crippen LogP contribution in [-0.2, 0) is 17.8 Å². The molecule has 4 nitrogen and oxygen atoms in total. The molecule has 1 N–H and O–H groups in total. The van der Waals surface area contributed by atoms with Crippen molar-refractivity contribution in [2.24, 2.45) is 5.92 Å². The Bertz CT molecular complexity index is 466. The van der Waals surface area contributed by atoms with Crippen LogP contribution in [0, 0.1) is 12.8 Å². The second-order valence-electron chi connectivity index (χ2n) is 5.26. The van der Waals surface area contributed by atoms with Gasteiger partial charge >= 0.3 is 0 Å². The lowest BCUT2D eigenvalue weighted by Gasteiger charge is -2.30. The number of aryl methyl sites for hydroxylation is 1. The summed E-state index contributed by atoms with van der Waals surface area (Å²) in [6.45, 7) is 5.38. The molecule has 1 amide bonds. The highest BCUT2D eigenvalue weighted by Crippen LogP contribution is 2.21. The molecule has 3 heterocycles. The molecule has 1 fully saturated rings. The lowest BCUT2D eigenvalue weighted by Crippen LogP contribution is -2.40. The molecule has 96 valence electrons. The molecule has 1 atom stereocenters. The van der Waals surface area contributed by atoms with Gasteiger partial charge in [-0.1, -0.05) is 6.07 Å². The van der Waals surface area contributed by atoms with E-state index in [-0.39, 0.29) is 5.92 Å². The SMILES string of the molecule is Cc1ccc2c(n1)CCN(C(=O)[C@H]1CCNC1)C2. The second kappa shape index (κ2) is 4.69. The number of hydrogen-bond acceptors (Lipinski definition) is 3. The van der Waals surface area contributed by atoms with E-state index in [9.17, 15) is 4.79 Å². The van der Waals surface area contributed by atoms with Crippen molar-refractivity contribution in [3.8, 4) is 0 Å². The van der Waals surface area contributed by atoms with Crippen LogP contribution in [0.4, 0.5) is 0 Å². The molecule has 2 aliphatic rings.